The summed E-state index contributed by atoms with van der Waals surface area (Å²) in [5.41, 5.74) is 3.52. The van der Waals surface area contributed by atoms with E-state index in [0.29, 0.717) is 29.0 Å². The van der Waals surface area contributed by atoms with Crippen LogP contribution < -0.4 is 9.64 Å². The van der Waals surface area contributed by atoms with Crippen LogP contribution in [-0.2, 0) is 21.1 Å². The zero-order valence-corrected chi connectivity index (χ0v) is 21.7. The van der Waals surface area contributed by atoms with Crippen LogP contribution in [0.3, 0.4) is 0 Å². The van der Waals surface area contributed by atoms with Crippen molar-refractivity contribution in [2.24, 2.45) is 0 Å². The maximum atomic E-state index is 6.07. The Morgan fingerprint density at radius 3 is 2.59 bits per heavy atom. The molecule has 5 rings (SSSR count). The molecule has 7 nitrogen and oxygen atoms in total. The molecular weight excluding hydrogens is 607 g/mol. The van der Waals surface area contributed by atoms with E-state index in [2.05, 4.69) is 59.8 Å². The largest absolute Gasteiger partial charge is 0.508 e. The second-order valence-electron chi connectivity index (χ2n) is 8.50. The van der Waals surface area contributed by atoms with Crippen molar-refractivity contribution in [2.45, 2.75) is 39.7 Å². The molecule has 0 N–H and O–H groups in total. The number of nitrogens with zero attached hydrogens (tertiary/aromatic N) is 6. The van der Waals surface area contributed by atoms with Crippen molar-refractivity contribution in [3.63, 3.8) is 0 Å². The van der Waals surface area contributed by atoms with Crippen molar-refractivity contribution < 1.29 is 25.8 Å². The Morgan fingerprint density at radius 1 is 0.971 bits per heavy atom. The van der Waals surface area contributed by atoms with E-state index in [1.165, 1.54) is 5.56 Å². The molecule has 0 saturated carbocycles. The van der Waals surface area contributed by atoms with Crippen LogP contribution in [0.15, 0.2) is 61.3 Å². The van der Waals surface area contributed by atoms with Gasteiger partial charge < -0.3 is 19.5 Å². The van der Waals surface area contributed by atoms with E-state index in [4.69, 9.17) is 4.74 Å². The smallest absolute Gasteiger partial charge is 0.151 e. The molecule has 178 valence electrons. The van der Waals surface area contributed by atoms with Gasteiger partial charge in [-0.2, -0.15) is 17.8 Å². The monoisotopic (exact) mass is 632 g/mol. The number of benzene rings is 1. The van der Waals surface area contributed by atoms with E-state index in [1.807, 2.05) is 54.3 Å². The molecule has 0 spiro atoms. The molecule has 0 fully saturated rings. The Morgan fingerprint density at radius 2 is 1.82 bits per heavy atom. The van der Waals surface area contributed by atoms with Gasteiger partial charge in [-0.3, -0.25) is 0 Å². The van der Waals surface area contributed by atoms with Crippen LogP contribution in [0.5, 0.6) is 11.5 Å². The Labute approximate surface area is 214 Å². The summed E-state index contributed by atoms with van der Waals surface area (Å²) >= 11 is 0. The number of fused-ring (bicyclic) bond motifs is 1. The van der Waals surface area contributed by atoms with Gasteiger partial charge in [0.1, 0.15) is 0 Å². The summed E-state index contributed by atoms with van der Waals surface area (Å²) in [5.74, 6) is 2.20. The second kappa shape index (κ2) is 9.98. The van der Waals surface area contributed by atoms with Gasteiger partial charge in [-0.1, -0.05) is 13.8 Å². The molecule has 1 aromatic carbocycles. The third kappa shape index (κ3) is 4.85. The van der Waals surface area contributed by atoms with Crippen LogP contribution >= 0.6 is 0 Å². The molecule has 0 amide bonds. The predicted molar refractivity (Wildman–Crippen MR) is 128 cm³/mol. The Kier molecular flexibility index (Phi) is 7.03. The van der Waals surface area contributed by atoms with Gasteiger partial charge in [0.2, 0.25) is 0 Å². The number of hydrogen-bond donors (Lipinski definition) is 0. The minimum Gasteiger partial charge on any atom is -0.508 e. The van der Waals surface area contributed by atoms with Gasteiger partial charge in [0.15, 0.2) is 5.82 Å². The van der Waals surface area contributed by atoms with Crippen LogP contribution in [0.25, 0.3) is 16.9 Å². The number of pyridine rings is 2. The summed E-state index contributed by atoms with van der Waals surface area (Å²) in [6, 6.07) is 16.9. The Bertz CT molecular complexity index is 1320. The molecule has 3 aromatic heterocycles. The maximum Gasteiger partial charge on any atom is 0.151 e. The average Bonchev–Trinajstić information content (AvgIpc) is 3.47. The normalized spacial score (nSPS) is 13.2. The molecule has 0 radical (unpaired) electrons. The van der Waals surface area contributed by atoms with Gasteiger partial charge in [-0.05, 0) is 73.1 Å². The third-order valence-electron chi connectivity index (χ3n) is 5.47. The zero-order valence-electron chi connectivity index (χ0n) is 19.4. The van der Waals surface area contributed by atoms with E-state index in [9.17, 15) is 0 Å². The van der Waals surface area contributed by atoms with Gasteiger partial charge in [0.25, 0.3) is 0 Å². The molecule has 0 unspecified atom stereocenters. The first-order valence-electron chi connectivity index (χ1n) is 11.0. The molecule has 0 aliphatic carbocycles. The zero-order chi connectivity index (χ0) is 22.9. The summed E-state index contributed by atoms with van der Waals surface area (Å²) in [7, 11) is 0. The number of rotatable bonds is 6. The van der Waals surface area contributed by atoms with Crippen molar-refractivity contribution >= 4 is 16.7 Å². The third-order valence-corrected chi connectivity index (χ3v) is 5.47. The number of hydrogen-bond acceptors (Lipinski definition) is 6. The molecule has 8 heteroatoms. The first kappa shape index (κ1) is 24.0. The van der Waals surface area contributed by atoms with Crippen LogP contribution in [0.2, 0.25) is 0 Å². The van der Waals surface area contributed by atoms with Gasteiger partial charge in [0, 0.05) is 45.0 Å². The predicted octanol–water partition coefficient (Wildman–Crippen LogP) is 5.45. The first-order valence-corrected chi connectivity index (χ1v) is 11.0. The molecule has 1 aliphatic rings. The van der Waals surface area contributed by atoms with Crippen molar-refractivity contribution in [2.75, 3.05) is 4.90 Å². The SMILES string of the molecule is CC(C)c1ccnc(-n2ncc3ncc(Oc4[c-]c(N5C=CN(C(C)C)[CH-]5)ccc4)[c-]c32)c1.[Pt]. The number of anilines is 1. The fourth-order valence-corrected chi connectivity index (χ4v) is 3.55. The molecule has 4 heterocycles. The summed E-state index contributed by atoms with van der Waals surface area (Å²) in [6.45, 7) is 10.6. The Hall–Kier alpha value is -3.18. The maximum absolute atomic E-state index is 6.07. The molecule has 1 aliphatic heterocycles. The van der Waals surface area contributed by atoms with Crippen LogP contribution in [-0.4, -0.2) is 30.7 Å². The molecule has 4 aromatic rings. The molecule has 0 bridgehead atoms. The topological polar surface area (TPSA) is 59.3 Å². The van der Waals surface area contributed by atoms with Gasteiger partial charge in [0.05, 0.1) is 0 Å². The summed E-state index contributed by atoms with van der Waals surface area (Å²) in [6.07, 6.45) is 9.21. The number of ether oxygens (including phenoxy) is 1. The molecule has 0 saturated heterocycles. The fraction of sp³-hybridized carbons (Fsp3) is 0.231. The van der Waals surface area contributed by atoms with Crippen molar-refractivity contribution in [1.82, 2.24) is 24.6 Å². The second-order valence-corrected chi connectivity index (χ2v) is 8.50. The van der Waals surface area contributed by atoms with Crippen molar-refractivity contribution in [3.8, 4) is 17.3 Å². The van der Waals surface area contributed by atoms with E-state index in [-0.39, 0.29) is 21.1 Å². The fourth-order valence-electron chi connectivity index (χ4n) is 3.55. The van der Waals surface area contributed by atoms with Gasteiger partial charge in [-0.25, -0.2) is 9.67 Å². The van der Waals surface area contributed by atoms with E-state index in [1.54, 1.807) is 23.3 Å². The summed E-state index contributed by atoms with van der Waals surface area (Å²) < 4.78 is 7.81. The summed E-state index contributed by atoms with van der Waals surface area (Å²) in [5, 5.41) is 4.48. The van der Waals surface area contributed by atoms with E-state index in [0.717, 1.165) is 17.0 Å². The molecular formula is C26H25N6OPt-3. The first-order chi connectivity index (χ1) is 16.0. The average molecular weight is 633 g/mol. The van der Waals surface area contributed by atoms with Gasteiger partial charge in [-0.15, -0.1) is 30.0 Å². The van der Waals surface area contributed by atoms with Gasteiger partial charge >= 0.3 is 0 Å². The summed E-state index contributed by atoms with van der Waals surface area (Å²) in [4.78, 5) is 13.1. The Balaban J connectivity index is 0.00000274. The molecule has 34 heavy (non-hydrogen) atoms. The standard InChI is InChI=1S/C26H25N6O.Pt/c1-18(2)20-8-9-27-26(12-20)32-25-14-23(15-28-24(25)16-29-32)33-22-7-5-6-21(13-22)31-11-10-30(17-31)19(3)4;/h5-12,15-19H,1-4H3;/q-3;. The van der Waals surface area contributed by atoms with Crippen LogP contribution in [0, 0.1) is 18.8 Å². The van der Waals surface area contributed by atoms with E-state index < -0.39 is 0 Å². The minimum absolute atomic E-state index is 0. The quantitative estimate of drug-likeness (QED) is 0.264. The van der Waals surface area contributed by atoms with Crippen molar-refractivity contribution in [1.29, 1.82) is 0 Å². The van der Waals surface area contributed by atoms with E-state index >= 15 is 0 Å². The molecule has 0 atom stereocenters. The number of aromatic nitrogens is 4. The van der Waals surface area contributed by atoms with Crippen molar-refractivity contribution in [3.05, 3.63) is 85.7 Å². The van der Waals surface area contributed by atoms with Crippen LogP contribution in [0.1, 0.15) is 39.2 Å². The minimum atomic E-state index is 0. The van der Waals surface area contributed by atoms with Crippen LogP contribution in [0.4, 0.5) is 5.69 Å².